The van der Waals surface area contributed by atoms with Gasteiger partial charge < -0.3 is 10.6 Å². The quantitative estimate of drug-likeness (QED) is 0.419. The third-order valence-electron chi connectivity index (χ3n) is 2.78. The summed E-state index contributed by atoms with van der Waals surface area (Å²) in [5.41, 5.74) is 2.35. The number of aromatic amines is 1. The van der Waals surface area contributed by atoms with E-state index in [1.807, 2.05) is 12.1 Å². The van der Waals surface area contributed by atoms with Crippen molar-refractivity contribution in [1.29, 1.82) is 0 Å². The SMILES string of the molecule is CN=C(NCCc1ccccc1)NCc1ccn[nH]1.I. The van der Waals surface area contributed by atoms with Crippen LogP contribution < -0.4 is 10.6 Å². The van der Waals surface area contributed by atoms with Crippen LogP contribution >= 0.6 is 24.0 Å². The summed E-state index contributed by atoms with van der Waals surface area (Å²) < 4.78 is 0. The number of nitrogens with one attached hydrogen (secondary N) is 3. The van der Waals surface area contributed by atoms with Crippen molar-refractivity contribution >= 4 is 29.9 Å². The molecule has 20 heavy (non-hydrogen) atoms. The van der Waals surface area contributed by atoms with E-state index in [4.69, 9.17) is 0 Å². The maximum absolute atomic E-state index is 4.18. The lowest BCUT2D eigenvalue weighted by Crippen LogP contribution is -2.37. The van der Waals surface area contributed by atoms with Crippen molar-refractivity contribution in [2.75, 3.05) is 13.6 Å². The summed E-state index contributed by atoms with van der Waals surface area (Å²) in [5, 5.41) is 13.3. The van der Waals surface area contributed by atoms with E-state index in [1.54, 1.807) is 13.2 Å². The van der Waals surface area contributed by atoms with Crippen molar-refractivity contribution in [3.05, 3.63) is 53.9 Å². The Labute approximate surface area is 136 Å². The van der Waals surface area contributed by atoms with Crippen LogP contribution in [0.2, 0.25) is 0 Å². The first-order chi connectivity index (χ1) is 9.38. The molecule has 0 aliphatic carbocycles. The van der Waals surface area contributed by atoms with Crippen molar-refractivity contribution in [2.24, 2.45) is 4.99 Å². The highest BCUT2D eigenvalue weighted by atomic mass is 127. The minimum atomic E-state index is 0. The van der Waals surface area contributed by atoms with E-state index in [0.29, 0.717) is 6.54 Å². The lowest BCUT2D eigenvalue weighted by atomic mass is 10.1. The Hall–Kier alpha value is -1.57. The van der Waals surface area contributed by atoms with Crippen molar-refractivity contribution < 1.29 is 0 Å². The van der Waals surface area contributed by atoms with Gasteiger partial charge in [-0.2, -0.15) is 5.10 Å². The summed E-state index contributed by atoms with van der Waals surface area (Å²) in [6.45, 7) is 1.54. The second-order valence-corrected chi connectivity index (χ2v) is 4.17. The van der Waals surface area contributed by atoms with Crippen molar-refractivity contribution in [3.8, 4) is 0 Å². The Balaban J connectivity index is 0.00000200. The molecule has 0 bridgehead atoms. The molecule has 0 aliphatic rings. The summed E-state index contributed by atoms with van der Waals surface area (Å²) in [6, 6.07) is 12.3. The zero-order valence-corrected chi connectivity index (χ0v) is 13.8. The maximum atomic E-state index is 4.18. The van der Waals surface area contributed by atoms with Crippen LogP contribution in [0.5, 0.6) is 0 Å². The van der Waals surface area contributed by atoms with Crippen LogP contribution in [0.15, 0.2) is 47.6 Å². The zero-order chi connectivity index (χ0) is 13.3. The van der Waals surface area contributed by atoms with E-state index in [-0.39, 0.29) is 24.0 Å². The van der Waals surface area contributed by atoms with Crippen LogP contribution in [0.1, 0.15) is 11.3 Å². The third-order valence-corrected chi connectivity index (χ3v) is 2.78. The summed E-state index contributed by atoms with van der Waals surface area (Å²) in [7, 11) is 1.77. The van der Waals surface area contributed by atoms with E-state index in [1.165, 1.54) is 5.56 Å². The molecule has 0 fully saturated rings. The van der Waals surface area contributed by atoms with Crippen LogP contribution in [0.3, 0.4) is 0 Å². The van der Waals surface area contributed by atoms with Gasteiger partial charge in [-0.3, -0.25) is 10.1 Å². The molecule has 0 unspecified atom stereocenters. The third kappa shape index (κ3) is 5.60. The molecular formula is C14H20IN5. The average molecular weight is 385 g/mol. The molecule has 0 radical (unpaired) electrons. The number of nitrogens with zero attached hydrogens (tertiary/aromatic N) is 2. The first kappa shape index (κ1) is 16.5. The number of hydrogen-bond donors (Lipinski definition) is 3. The monoisotopic (exact) mass is 385 g/mol. The Kier molecular flexibility index (Phi) is 7.71. The number of aliphatic imine (C=N–C) groups is 1. The molecule has 0 saturated carbocycles. The fraction of sp³-hybridized carbons (Fsp3) is 0.286. The smallest absolute Gasteiger partial charge is 0.191 e. The van der Waals surface area contributed by atoms with Crippen LogP contribution in [0.25, 0.3) is 0 Å². The van der Waals surface area contributed by atoms with Gasteiger partial charge in [0, 0.05) is 19.8 Å². The number of H-pyrrole nitrogens is 1. The maximum Gasteiger partial charge on any atom is 0.191 e. The molecule has 0 spiro atoms. The van der Waals surface area contributed by atoms with Crippen LogP contribution in [0.4, 0.5) is 0 Å². The molecule has 0 atom stereocenters. The van der Waals surface area contributed by atoms with Gasteiger partial charge in [0.25, 0.3) is 0 Å². The standard InChI is InChI=1S/C14H19N5.HI/c1-15-14(17-11-13-8-10-18-19-13)16-9-7-12-5-3-2-4-6-12;/h2-6,8,10H,7,9,11H2,1H3,(H,18,19)(H2,15,16,17);1H. The summed E-state index contributed by atoms with van der Waals surface area (Å²) in [6.07, 6.45) is 2.72. The minimum Gasteiger partial charge on any atom is -0.356 e. The molecule has 2 rings (SSSR count). The fourth-order valence-electron chi connectivity index (χ4n) is 1.75. The summed E-state index contributed by atoms with van der Waals surface area (Å²) >= 11 is 0. The first-order valence-electron chi connectivity index (χ1n) is 6.35. The van der Waals surface area contributed by atoms with Gasteiger partial charge in [0.05, 0.1) is 12.2 Å². The highest BCUT2D eigenvalue weighted by Gasteiger charge is 1.98. The van der Waals surface area contributed by atoms with E-state index in [0.717, 1.165) is 24.6 Å². The first-order valence-corrected chi connectivity index (χ1v) is 6.35. The van der Waals surface area contributed by atoms with Gasteiger partial charge in [-0.05, 0) is 18.1 Å². The van der Waals surface area contributed by atoms with Crippen LogP contribution in [-0.4, -0.2) is 29.7 Å². The highest BCUT2D eigenvalue weighted by Crippen LogP contribution is 1.98. The van der Waals surface area contributed by atoms with E-state index in [2.05, 4.69) is 50.1 Å². The van der Waals surface area contributed by atoms with Gasteiger partial charge >= 0.3 is 0 Å². The van der Waals surface area contributed by atoms with Crippen molar-refractivity contribution in [3.63, 3.8) is 0 Å². The highest BCUT2D eigenvalue weighted by molar-refractivity contribution is 14.0. The van der Waals surface area contributed by atoms with Crippen molar-refractivity contribution in [1.82, 2.24) is 20.8 Å². The number of guanidine groups is 1. The Morgan fingerprint density at radius 3 is 2.65 bits per heavy atom. The van der Waals surface area contributed by atoms with Gasteiger partial charge in [-0.1, -0.05) is 30.3 Å². The van der Waals surface area contributed by atoms with E-state index in [9.17, 15) is 0 Å². The minimum absolute atomic E-state index is 0. The Morgan fingerprint density at radius 1 is 1.20 bits per heavy atom. The summed E-state index contributed by atoms with van der Waals surface area (Å²) in [4.78, 5) is 4.18. The molecule has 1 aromatic carbocycles. The molecule has 1 heterocycles. The Morgan fingerprint density at radius 2 is 2.00 bits per heavy atom. The zero-order valence-electron chi connectivity index (χ0n) is 11.5. The second kappa shape index (κ2) is 9.35. The number of aromatic nitrogens is 2. The number of hydrogen-bond acceptors (Lipinski definition) is 2. The van der Waals surface area contributed by atoms with E-state index >= 15 is 0 Å². The van der Waals surface area contributed by atoms with Gasteiger partial charge in [0.1, 0.15) is 0 Å². The molecule has 5 nitrogen and oxygen atoms in total. The summed E-state index contributed by atoms with van der Waals surface area (Å²) in [5.74, 6) is 0.797. The topological polar surface area (TPSA) is 65.1 Å². The molecular weight excluding hydrogens is 365 g/mol. The second-order valence-electron chi connectivity index (χ2n) is 4.17. The van der Waals surface area contributed by atoms with Gasteiger partial charge in [0.15, 0.2) is 5.96 Å². The number of rotatable bonds is 5. The molecule has 1 aromatic heterocycles. The molecule has 108 valence electrons. The van der Waals surface area contributed by atoms with E-state index < -0.39 is 0 Å². The molecule has 0 amide bonds. The van der Waals surface area contributed by atoms with Crippen LogP contribution in [-0.2, 0) is 13.0 Å². The fourth-order valence-corrected chi connectivity index (χ4v) is 1.75. The lowest BCUT2D eigenvalue weighted by Gasteiger charge is -2.11. The van der Waals surface area contributed by atoms with Crippen molar-refractivity contribution in [2.45, 2.75) is 13.0 Å². The van der Waals surface area contributed by atoms with Gasteiger partial charge in [-0.25, -0.2) is 0 Å². The molecule has 2 aromatic rings. The molecule has 3 N–H and O–H groups in total. The molecule has 0 saturated heterocycles. The predicted molar refractivity (Wildman–Crippen MR) is 92.4 cm³/mol. The number of benzene rings is 1. The largest absolute Gasteiger partial charge is 0.356 e. The number of halogens is 1. The van der Waals surface area contributed by atoms with Crippen LogP contribution in [0, 0.1) is 0 Å². The Bertz CT molecular complexity index is 496. The molecule has 6 heteroatoms. The average Bonchev–Trinajstić information content (AvgIpc) is 2.97. The normalized spacial score (nSPS) is 10.8. The predicted octanol–water partition coefficient (Wildman–Crippen LogP) is 1.94. The van der Waals surface area contributed by atoms with Gasteiger partial charge in [-0.15, -0.1) is 24.0 Å². The van der Waals surface area contributed by atoms with Gasteiger partial charge in [0.2, 0.25) is 0 Å². The lowest BCUT2D eigenvalue weighted by molar-refractivity contribution is 0.780. The molecule has 0 aliphatic heterocycles.